The lowest BCUT2D eigenvalue weighted by atomic mass is 9.98. The second-order valence-corrected chi connectivity index (χ2v) is 9.82. The second-order valence-electron chi connectivity index (χ2n) is 9.43. The lowest BCUT2D eigenvalue weighted by Crippen LogP contribution is -2.29. The van der Waals surface area contributed by atoms with Crippen LogP contribution in [0.5, 0.6) is 11.5 Å². The van der Waals surface area contributed by atoms with Crippen LogP contribution in [0.4, 0.5) is 5.69 Å². The molecule has 1 N–H and O–H groups in total. The fourth-order valence-corrected chi connectivity index (χ4v) is 4.62. The molecule has 4 aromatic rings. The minimum atomic E-state index is -0.0650. The third-order valence-electron chi connectivity index (χ3n) is 6.02. The van der Waals surface area contributed by atoms with E-state index in [1.165, 1.54) is 5.56 Å². The fourth-order valence-electron chi connectivity index (χ4n) is 4.28. The maximum absolute atomic E-state index is 5.99. The van der Waals surface area contributed by atoms with Crippen molar-refractivity contribution in [3.8, 4) is 11.5 Å². The van der Waals surface area contributed by atoms with Crippen LogP contribution in [0.25, 0.3) is 0 Å². The number of benzene rings is 2. The molecule has 2 aromatic carbocycles. The van der Waals surface area contributed by atoms with E-state index in [0.29, 0.717) is 5.11 Å². The standard InChI is InChI=1S/C28H28N4OS/c1-28(2,3)31-18-16-20(19-31)26-25(24-11-7-8-17-29-24)30-27(34)32(26)21-12-14-23(15-13-21)33-22-9-5-4-6-10-22/h4-19,25-26H,1-3H3,(H,30,34). The summed E-state index contributed by atoms with van der Waals surface area (Å²) in [6.45, 7) is 6.61. The van der Waals surface area contributed by atoms with Gasteiger partial charge in [0.2, 0.25) is 0 Å². The zero-order valence-electron chi connectivity index (χ0n) is 19.6. The van der Waals surface area contributed by atoms with Gasteiger partial charge in [-0.2, -0.15) is 0 Å². The third-order valence-corrected chi connectivity index (χ3v) is 6.34. The highest BCUT2D eigenvalue weighted by Crippen LogP contribution is 2.42. The van der Waals surface area contributed by atoms with Gasteiger partial charge < -0.3 is 19.5 Å². The molecule has 2 aromatic heterocycles. The molecule has 34 heavy (non-hydrogen) atoms. The van der Waals surface area contributed by atoms with E-state index in [1.54, 1.807) is 0 Å². The Morgan fingerprint density at radius 1 is 0.882 bits per heavy atom. The number of anilines is 1. The molecule has 2 unspecified atom stereocenters. The van der Waals surface area contributed by atoms with Crippen LogP contribution < -0.4 is 15.0 Å². The highest BCUT2D eigenvalue weighted by atomic mass is 32.1. The molecule has 1 aliphatic heterocycles. The summed E-state index contributed by atoms with van der Waals surface area (Å²) in [5.41, 5.74) is 3.14. The summed E-state index contributed by atoms with van der Waals surface area (Å²) in [6.07, 6.45) is 6.19. The predicted molar refractivity (Wildman–Crippen MR) is 140 cm³/mol. The number of para-hydroxylation sites is 1. The molecule has 0 bridgehead atoms. The molecule has 3 heterocycles. The number of thiocarbonyl (C=S) groups is 1. The average Bonchev–Trinajstić information content (AvgIpc) is 3.46. The monoisotopic (exact) mass is 468 g/mol. The van der Waals surface area contributed by atoms with Gasteiger partial charge in [0, 0.05) is 29.8 Å². The summed E-state index contributed by atoms with van der Waals surface area (Å²) >= 11 is 5.84. The minimum Gasteiger partial charge on any atom is -0.457 e. The molecule has 5 nitrogen and oxygen atoms in total. The van der Waals surface area contributed by atoms with Crippen molar-refractivity contribution >= 4 is 23.0 Å². The van der Waals surface area contributed by atoms with Gasteiger partial charge in [0.05, 0.1) is 17.8 Å². The van der Waals surface area contributed by atoms with E-state index in [9.17, 15) is 0 Å². The van der Waals surface area contributed by atoms with Crippen LogP contribution in [-0.2, 0) is 5.54 Å². The Kier molecular flexibility index (Phi) is 5.84. The van der Waals surface area contributed by atoms with E-state index in [2.05, 4.69) is 71.1 Å². The summed E-state index contributed by atoms with van der Waals surface area (Å²) < 4.78 is 8.23. The average molecular weight is 469 g/mol. The SMILES string of the molecule is CC(C)(C)n1ccc(C2C(c3ccccn3)NC(=S)N2c2ccc(Oc3ccccc3)cc2)c1. The van der Waals surface area contributed by atoms with Crippen molar-refractivity contribution in [3.05, 3.63) is 109 Å². The topological polar surface area (TPSA) is 42.3 Å². The molecular weight excluding hydrogens is 440 g/mol. The first-order valence-electron chi connectivity index (χ1n) is 11.4. The van der Waals surface area contributed by atoms with Gasteiger partial charge in [0.1, 0.15) is 11.5 Å². The Morgan fingerprint density at radius 2 is 1.59 bits per heavy atom. The van der Waals surface area contributed by atoms with Crippen LogP contribution in [0.15, 0.2) is 97.5 Å². The number of hydrogen-bond acceptors (Lipinski definition) is 3. The first kappa shape index (κ1) is 22.2. The van der Waals surface area contributed by atoms with E-state index in [4.69, 9.17) is 17.0 Å². The molecule has 0 radical (unpaired) electrons. The Morgan fingerprint density at radius 3 is 2.24 bits per heavy atom. The molecule has 172 valence electrons. The van der Waals surface area contributed by atoms with Crippen LogP contribution in [0.3, 0.4) is 0 Å². The summed E-state index contributed by atoms with van der Waals surface area (Å²) in [4.78, 5) is 6.82. The zero-order chi connectivity index (χ0) is 23.7. The Balaban J connectivity index is 1.50. The van der Waals surface area contributed by atoms with Gasteiger partial charge in [-0.1, -0.05) is 24.3 Å². The Hall–Kier alpha value is -3.64. The van der Waals surface area contributed by atoms with Crippen molar-refractivity contribution in [2.24, 2.45) is 0 Å². The lowest BCUT2D eigenvalue weighted by molar-refractivity contribution is 0.397. The summed E-state index contributed by atoms with van der Waals surface area (Å²) in [7, 11) is 0. The van der Waals surface area contributed by atoms with Gasteiger partial charge >= 0.3 is 0 Å². The van der Waals surface area contributed by atoms with Crippen LogP contribution in [-0.4, -0.2) is 14.7 Å². The van der Waals surface area contributed by atoms with E-state index in [1.807, 2.05) is 66.9 Å². The summed E-state index contributed by atoms with van der Waals surface area (Å²) in [5.74, 6) is 1.59. The van der Waals surface area contributed by atoms with Crippen molar-refractivity contribution in [3.63, 3.8) is 0 Å². The van der Waals surface area contributed by atoms with Crippen LogP contribution >= 0.6 is 12.2 Å². The van der Waals surface area contributed by atoms with Gasteiger partial charge in [-0.05, 0) is 93.1 Å². The quantitative estimate of drug-likeness (QED) is 0.334. The fraction of sp³-hybridized carbons (Fsp3) is 0.214. The number of ether oxygens (including phenoxy) is 1. The maximum Gasteiger partial charge on any atom is 0.174 e. The van der Waals surface area contributed by atoms with Crippen molar-refractivity contribution in [1.82, 2.24) is 14.9 Å². The van der Waals surface area contributed by atoms with Crippen LogP contribution in [0.1, 0.15) is 44.1 Å². The number of rotatable bonds is 5. The van der Waals surface area contributed by atoms with Gasteiger partial charge in [-0.3, -0.25) is 4.98 Å². The minimum absolute atomic E-state index is 0.00740. The van der Waals surface area contributed by atoms with Crippen molar-refractivity contribution < 1.29 is 4.74 Å². The van der Waals surface area contributed by atoms with Crippen molar-refractivity contribution in [2.45, 2.75) is 38.4 Å². The van der Waals surface area contributed by atoms with Crippen molar-refractivity contribution in [2.75, 3.05) is 4.90 Å². The Bertz CT molecular complexity index is 1260. The molecule has 6 heteroatoms. The molecule has 0 spiro atoms. The molecule has 1 saturated heterocycles. The molecule has 1 fully saturated rings. The predicted octanol–water partition coefficient (Wildman–Crippen LogP) is 6.61. The number of pyridine rings is 1. The van der Waals surface area contributed by atoms with Crippen LogP contribution in [0, 0.1) is 0 Å². The number of hydrogen-bond donors (Lipinski definition) is 1. The van der Waals surface area contributed by atoms with Crippen molar-refractivity contribution in [1.29, 1.82) is 0 Å². The highest BCUT2D eigenvalue weighted by Gasteiger charge is 2.41. The molecule has 2 atom stereocenters. The Labute approximate surface area is 206 Å². The highest BCUT2D eigenvalue weighted by molar-refractivity contribution is 7.80. The summed E-state index contributed by atoms with van der Waals surface area (Å²) in [6, 6.07) is 26.0. The maximum atomic E-state index is 5.99. The molecule has 0 aliphatic carbocycles. The first-order valence-corrected chi connectivity index (χ1v) is 11.8. The molecular formula is C28H28N4OS. The summed E-state index contributed by atoms with van der Waals surface area (Å²) in [5, 5.41) is 4.21. The largest absolute Gasteiger partial charge is 0.457 e. The van der Waals surface area contributed by atoms with E-state index >= 15 is 0 Å². The van der Waals surface area contributed by atoms with Gasteiger partial charge in [-0.25, -0.2) is 0 Å². The zero-order valence-corrected chi connectivity index (χ0v) is 20.4. The molecule has 1 aliphatic rings. The number of nitrogens with zero attached hydrogens (tertiary/aromatic N) is 3. The molecule has 5 rings (SSSR count). The lowest BCUT2D eigenvalue weighted by Gasteiger charge is -2.28. The smallest absolute Gasteiger partial charge is 0.174 e. The number of aromatic nitrogens is 2. The second kappa shape index (κ2) is 8.95. The molecule has 0 saturated carbocycles. The van der Waals surface area contributed by atoms with E-state index in [0.717, 1.165) is 22.9 Å². The van der Waals surface area contributed by atoms with Gasteiger partial charge in [0.25, 0.3) is 0 Å². The first-order chi connectivity index (χ1) is 16.4. The van der Waals surface area contributed by atoms with Gasteiger partial charge in [-0.15, -0.1) is 0 Å². The van der Waals surface area contributed by atoms with E-state index in [-0.39, 0.29) is 17.6 Å². The third kappa shape index (κ3) is 4.41. The van der Waals surface area contributed by atoms with Gasteiger partial charge in [0.15, 0.2) is 5.11 Å². The van der Waals surface area contributed by atoms with Crippen LogP contribution in [0.2, 0.25) is 0 Å². The van der Waals surface area contributed by atoms with E-state index < -0.39 is 0 Å². The number of nitrogens with one attached hydrogen (secondary N) is 1. The molecule has 0 amide bonds. The normalized spacial score (nSPS) is 18.1.